The van der Waals surface area contributed by atoms with Gasteiger partial charge in [-0.3, -0.25) is 0 Å². The molecule has 0 amide bonds. The second kappa shape index (κ2) is 5.40. The van der Waals surface area contributed by atoms with Crippen LogP contribution in [0.1, 0.15) is 11.3 Å². The van der Waals surface area contributed by atoms with Crippen LogP contribution < -0.4 is 9.47 Å². The lowest BCUT2D eigenvalue weighted by molar-refractivity contribution is 0.395. The molecule has 2 rings (SSSR count). The summed E-state index contributed by atoms with van der Waals surface area (Å²) in [5, 5.41) is 9.19. The van der Waals surface area contributed by atoms with Gasteiger partial charge in [-0.1, -0.05) is 0 Å². The van der Waals surface area contributed by atoms with Gasteiger partial charge in [-0.15, -0.1) is 0 Å². The van der Waals surface area contributed by atoms with Crippen LogP contribution in [0.15, 0.2) is 30.5 Å². The molecule has 0 saturated carbocycles. The standard InChI is InChI=1S/C15H14N2O2/c1-10-6-7-17-13(9-16)15(10)12-5-4-11(18-2)8-14(12)19-3/h4-8H,1-3H3. The van der Waals surface area contributed by atoms with Gasteiger partial charge in [-0.25, -0.2) is 4.98 Å². The molecule has 4 nitrogen and oxygen atoms in total. The topological polar surface area (TPSA) is 55.1 Å². The molecular weight excluding hydrogens is 240 g/mol. The molecule has 0 saturated heterocycles. The van der Waals surface area contributed by atoms with Crippen molar-refractivity contribution in [2.75, 3.05) is 14.2 Å². The summed E-state index contributed by atoms with van der Waals surface area (Å²) in [7, 11) is 3.19. The van der Waals surface area contributed by atoms with Crippen LogP contribution >= 0.6 is 0 Å². The fraction of sp³-hybridized carbons (Fsp3) is 0.200. The number of aryl methyl sites for hydroxylation is 1. The monoisotopic (exact) mass is 254 g/mol. The second-order valence-corrected chi connectivity index (χ2v) is 4.03. The van der Waals surface area contributed by atoms with Crippen molar-refractivity contribution in [1.82, 2.24) is 4.98 Å². The summed E-state index contributed by atoms with van der Waals surface area (Å²) in [6.07, 6.45) is 1.63. The molecule has 0 radical (unpaired) electrons. The molecule has 0 fully saturated rings. The van der Waals surface area contributed by atoms with Crippen molar-refractivity contribution in [2.24, 2.45) is 0 Å². The number of hydrogen-bond donors (Lipinski definition) is 0. The van der Waals surface area contributed by atoms with E-state index in [1.165, 1.54) is 0 Å². The Morgan fingerprint density at radius 2 is 1.95 bits per heavy atom. The SMILES string of the molecule is COc1ccc(-c2c(C)ccnc2C#N)c(OC)c1. The number of rotatable bonds is 3. The van der Waals surface area contributed by atoms with Gasteiger partial charge in [0, 0.05) is 23.4 Å². The maximum atomic E-state index is 9.19. The number of hydrogen-bond acceptors (Lipinski definition) is 4. The first-order valence-electron chi connectivity index (χ1n) is 5.79. The molecule has 96 valence electrons. The van der Waals surface area contributed by atoms with Crippen LogP contribution in [-0.2, 0) is 0 Å². The highest BCUT2D eigenvalue weighted by Gasteiger charge is 2.14. The summed E-state index contributed by atoms with van der Waals surface area (Å²) < 4.78 is 10.6. The summed E-state index contributed by atoms with van der Waals surface area (Å²) in [5.74, 6) is 1.37. The predicted octanol–water partition coefficient (Wildman–Crippen LogP) is 2.95. The smallest absolute Gasteiger partial charge is 0.148 e. The predicted molar refractivity (Wildman–Crippen MR) is 72.2 cm³/mol. The fourth-order valence-corrected chi connectivity index (χ4v) is 1.99. The van der Waals surface area contributed by atoms with Crippen molar-refractivity contribution in [2.45, 2.75) is 6.92 Å². The first-order chi connectivity index (χ1) is 9.21. The summed E-state index contributed by atoms with van der Waals surface area (Å²) in [6, 6.07) is 9.50. The molecule has 0 spiro atoms. The second-order valence-electron chi connectivity index (χ2n) is 4.03. The van der Waals surface area contributed by atoms with Gasteiger partial charge in [-0.2, -0.15) is 5.26 Å². The fourth-order valence-electron chi connectivity index (χ4n) is 1.99. The van der Waals surface area contributed by atoms with Crippen molar-refractivity contribution in [3.63, 3.8) is 0 Å². The van der Waals surface area contributed by atoms with E-state index >= 15 is 0 Å². The highest BCUT2D eigenvalue weighted by atomic mass is 16.5. The zero-order valence-corrected chi connectivity index (χ0v) is 11.1. The van der Waals surface area contributed by atoms with E-state index < -0.39 is 0 Å². The van der Waals surface area contributed by atoms with Crippen molar-refractivity contribution < 1.29 is 9.47 Å². The number of benzene rings is 1. The Balaban J connectivity index is 2.69. The Bertz CT molecular complexity index is 645. The van der Waals surface area contributed by atoms with Gasteiger partial charge in [-0.05, 0) is 30.7 Å². The molecular formula is C15H14N2O2. The van der Waals surface area contributed by atoms with Gasteiger partial charge in [0.25, 0.3) is 0 Å². The normalized spacial score (nSPS) is 9.79. The largest absolute Gasteiger partial charge is 0.497 e. The Morgan fingerprint density at radius 1 is 1.16 bits per heavy atom. The van der Waals surface area contributed by atoms with E-state index in [0.717, 1.165) is 16.7 Å². The van der Waals surface area contributed by atoms with Crippen molar-refractivity contribution in [3.05, 3.63) is 41.7 Å². The zero-order chi connectivity index (χ0) is 13.8. The van der Waals surface area contributed by atoms with Gasteiger partial charge in [0.1, 0.15) is 23.3 Å². The van der Waals surface area contributed by atoms with Crippen LogP contribution in [0.3, 0.4) is 0 Å². The molecule has 0 aliphatic heterocycles. The van der Waals surface area contributed by atoms with Crippen LogP contribution in [0.25, 0.3) is 11.1 Å². The maximum absolute atomic E-state index is 9.19. The highest BCUT2D eigenvalue weighted by molar-refractivity contribution is 5.77. The van der Waals surface area contributed by atoms with E-state index in [1.807, 2.05) is 25.1 Å². The Morgan fingerprint density at radius 3 is 2.58 bits per heavy atom. The molecule has 0 unspecified atom stereocenters. The van der Waals surface area contributed by atoms with E-state index in [4.69, 9.17) is 9.47 Å². The molecule has 0 N–H and O–H groups in total. The van der Waals surface area contributed by atoms with Gasteiger partial charge in [0.2, 0.25) is 0 Å². The van der Waals surface area contributed by atoms with Crippen LogP contribution in [0.2, 0.25) is 0 Å². The zero-order valence-electron chi connectivity index (χ0n) is 11.1. The van der Waals surface area contributed by atoms with Crippen molar-refractivity contribution in [1.29, 1.82) is 5.26 Å². The van der Waals surface area contributed by atoms with Crippen molar-refractivity contribution >= 4 is 0 Å². The lowest BCUT2D eigenvalue weighted by Crippen LogP contribution is -1.96. The van der Waals surface area contributed by atoms with Crippen LogP contribution in [0, 0.1) is 18.3 Å². The first-order valence-corrected chi connectivity index (χ1v) is 5.79. The first kappa shape index (κ1) is 12.9. The van der Waals surface area contributed by atoms with E-state index in [2.05, 4.69) is 11.1 Å². The Hall–Kier alpha value is -2.54. The highest BCUT2D eigenvalue weighted by Crippen LogP contribution is 2.36. The summed E-state index contributed by atoms with van der Waals surface area (Å²) >= 11 is 0. The van der Waals surface area contributed by atoms with Gasteiger partial charge in [0.05, 0.1) is 14.2 Å². The third-order valence-corrected chi connectivity index (χ3v) is 2.94. The molecule has 0 atom stereocenters. The van der Waals surface area contributed by atoms with Gasteiger partial charge < -0.3 is 9.47 Å². The number of nitrogens with zero attached hydrogens (tertiary/aromatic N) is 2. The number of methoxy groups -OCH3 is 2. The minimum Gasteiger partial charge on any atom is -0.497 e. The third kappa shape index (κ3) is 2.36. The Kier molecular flexibility index (Phi) is 3.67. The molecule has 0 bridgehead atoms. The average molecular weight is 254 g/mol. The minimum atomic E-state index is 0.392. The summed E-state index contributed by atoms with van der Waals surface area (Å²) in [6.45, 7) is 1.95. The molecule has 19 heavy (non-hydrogen) atoms. The van der Waals surface area contributed by atoms with E-state index in [9.17, 15) is 5.26 Å². The number of ether oxygens (including phenoxy) is 2. The molecule has 1 aromatic heterocycles. The average Bonchev–Trinajstić information content (AvgIpc) is 2.46. The molecule has 4 heteroatoms. The van der Waals surface area contributed by atoms with E-state index in [1.54, 1.807) is 26.5 Å². The molecule has 0 aliphatic carbocycles. The van der Waals surface area contributed by atoms with Gasteiger partial charge in [0.15, 0.2) is 0 Å². The summed E-state index contributed by atoms with van der Waals surface area (Å²) in [5.41, 5.74) is 3.01. The number of nitriles is 1. The van der Waals surface area contributed by atoms with E-state index in [0.29, 0.717) is 17.2 Å². The molecule has 1 heterocycles. The van der Waals surface area contributed by atoms with Crippen LogP contribution in [0.5, 0.6) is 11.5 Å². The lowest BCUT2D eigenvalue weighted by atomic mass is 9.98. The van der Waals surface area contributed by atoms with Crippen LogP contribution in [-0.4, -0.2) is 19.2 Å². The number of aromatic nitrogens is 1. The lowest BCUT2D eigenvalue weighted by Gasteiger charge is -2.13. The maximum Gasteiger partial charge on any atom is 0.148 e. The Labute approximate surface area is 112 Å². The number of pyridine rings is 1. The quantitative estimate of drug-likeness (QED) is 0.845. The minimum absolute atomic E-state index is 0.392. The van der Waals surface area contributed by atoms with Crippen molar-refractivity contribution in [3.8, 4) is 28.7 Å². The molecule has 0 aliphatic rings. The van der Waals surface area contributed by atoms with Crippen LogP contribution in [0.4, 0.5) is 0 Å². The molecule has 2 aromatic rings. The van der Waals surface area contributed by atoms with Gasteiger partial charge >= 0.3 is 0 Å². The third-order valence-electron chi connectivity index (χ3n) is 2.94. The molecule has 1 aromatic carbocycles. The van der Waals surface area contributed by atoms with E-state index in [-0.39, 0.29) is 0 Å². The summed E-state index contributed by atoms with van der Waals surface area (Å²) in [4.78, 5) is 4.10.